The summed E-state index contributed by atoms with van der Waals surface area (Å²) in [7, 11) is -6.65. The van der Waals surface area contributed by atoms with Gasteiger partial charge in [0.1, 0.15) is 0 Å². The number of nitrogens with one attached hydrogen (secondary N) is 1. The molecule has 1 aromatic heterocycles. The summed E-state index contributed by atoms with van der Waals surface area (Å²) in [6.45, 7) is 5.83. The Morgan fingerprint density at radius 1 is 0.635 bits per heavy atom. The molecule has 2 atom stereocenters. The second-order valence-corrected chi connectivity index (χ2v) is 19.6. The number of hydrogen-bond acceptors (Lipinski definition) is 3. The summed E-state index contributed by atoms with van der Waals surface area (Å²) < 4.78 is 48.5. The zero-order valence-electron chi connectivity index (χ0n) is 29.4. The van der Waals surface area contributed by atoms with Crippen LogP contribution in [0, 0.1) is 0 Å². The molecule has 8 heteroatoms. The molecule has 0 saturated carbocycles. The maximum Gasteiger partial charge on any atom is 0.268 e. The van der Waals surface area contributed by atoms with Crippen molar-refractivity contribution < 1.29 is 12.6 Å². The van der Waals surface area contributed by atoms with Gasteiger partial charge >= 0.3 is 0 Å². The molecule has 0 bridgehead atoms. The molecule has 0 aliphatic rings. The number of rotatable bonds is 11. The molecule has 7 rings (SSSR count). The van der Waals surface area contributed by atoms with E-state index in [0.29, 0.717) is 17.4 Å². The Morgan fingerprint density at radius 2 is 1.12 bits per heavy atom. The van der Waals surface area contributed by atoms with E-state index in [1.165, 1.54) is 0 Å². The van der Waals surface area contributed by atoms with E-state index in [9.17, 15) is 12.6 Å². The summed E-state index contributed by atoms with van der Waals surface area (Å²) in [6.07, 6.45) is 0.432. The Kier molecular flexibility index (Phi) is 10.4. The molecule has 262 valence electrons. The van der Waals surface area contributed by atoms with Gasteiger partial charge in [0.2, 0.25) is 0 Å². The van der Waals surface area contributed by atoms with Crippen LogP contribution in [0.2, 0.25) is 0 Å². The first-order valence-corrected chi connectivity index (χ1v) is 21.4. The Morgan fingerprint density at radius 3 is 1.67 bits per heavy atom. The van der Waals surface area contributed by atoms with E-state index < -0.39 is 39.7 Å². The molecule has 5 nitrogen and oxygen atoms in total. The van der Waals surface area contributed by atoms with Crippen molar-refractivity contribution in [1.82, 2.24) is 8.69 Å². The molecule has 0 amide bonds. The maximum absolute atomic E-state index is 15.0. The Hall–Kier alpha value is -4.65. The molecule has 0 radical (unpaired) electrons. The van der Waals surface area contributed by atoms with E-state index in [1.54, 1.807) is 28.2 Å². The van der Waals surface area contributed by atoms with Crippen LogP contribution in [-0.2, 0) is 27.2 Å². The first-order chi connectivity index (χ1) is 25.1. The minimum absolute atomic E-state index is 0.210. The molecular formula is C44H41N2O3PS2. The summed E-state index contributed by atoms with van der Waals surface area (Å²) in [5.74, 6) is 0. The van der Waals surface area contributed by atoms with Crippen LogP contribution in [0.5, 0.6) is 0 Å². The van der Waals surface area contributed by atoms with Gasteiger partial charge in [-0.3, -0.25) is 0 Å². The Labute approximate surface area is 310 Å². The van der Waals surface area contributed by atoms with E-state index >= 15 is 0 Å². The SMILES string of the molecule is CC(C)(C)[S@@](=O)N[C@@H](c1ccc(-c2ccccc2)cc1)c1c(CP(c2ccccc2)c2ccccc2)n(S(=O)(=O)c2ccccc2)c2ccccc12. The topological polar surface area (TPSA) is 68.2 Å². The zero-order valence-corrected chi connectivity index (χ0v) is 31.9. The van der Waals surface area contributed by atoms with Crippen molar-refractivity contribution in [3.8, 4) is 11.1 Å². The molecule has 0 aliphatic heterocycles. The standard InChI is InChI=1S/C44H41N2O3PS2/c1-44(2,3)51(47)45-43(35-30-28-34(29-31-35)33-18-8-4-9-19-33)42-39-26-16-17-27-40(39)46(52(48,49)38-24-14-7-15-25-38)41(42)32-50(36-20-10-5-11-21-36)37-22-12-6-13-23-37/h4-31,43,45H,32H2,1-3H3/t43-,51+/m0/s1. The summed E-state index contributed by atoms with van der Waals surface area (Å²) in [6, 6.07) is 54.9. The Balaban J connectivity index is 1.52. The third kappa shape index (κ3) is 7.33. The fraction of sp³-hybridized carbons (Fsp3) is 0.136. The van der Waals surface area contributed by atoms with Gasteiger partial charge < -0.3 is 0 Å². The lowest BCUT2D eigenvalue weighted by Gasteiger charge is -2.27. The molecular weight excluding hydrogens is 700 g/mol. The van der Waals surface area contributed by atoms with Crippen molar-refractivity contribution in [1.29, 1.82) is 0 Å². The highest BCUT2D eigenvalue weighted by molar-refractivity contribution is 7.90. The summed E-state index contributed by atoms with van der Waals surface area (Å²) in [4.78, 5) is 0.210. The molecule has 0 unspecified atom stereocenters. The number of benzene rings is 6. The molecule has 1 N–H and O–H groups in total. The molecule has 6 aromatic carbocycles. The zero-order chi connectivity index (χ0) is 36.3. The van der Waals surface area contributed by atoms with Crippen molar-refractivity contribution in [2.75, 3.05) is 0 Å². The summed E-state index contributed by atoms with van der Waals surface area (Å²) >= 11 is 0. The number of hydrogen-bond donors (Lipinski definition) is 1. The third-order valence-electron chi connectivity index (χ3n) is 9.12. The number of fused-ring (bicyclic) bond motifs is 1. The van der Waals surface area contributed by atoms with E-state index in [2.05, 4.69) is 65.4 Å². The average molecular weight is 741 g/mol. The fourth-order valence-electron chi connectivity index (χ4n) is 6.51. The second-order valence-electron chi connectivity index (χ2n) is 13.6. The smallest absolute Gasteiger partial charge is 0.242 e. The first-order valence-electron chi connectivity index (χ1n) is 17.3. The monoisotopic (exact) mass is 740 g/mol. The largest absolute Gasteiger partial charge is 0.268 e. The number of aromatic nitrogens is 1. The van der Waals surface area contributed by atoms with Gasteiger partial charge in [-0.2, -0.15) is 0 Å². The number of para-hydroxylation sites is 1. The highest BCUT2D eigenvalue weighted by Gasteiger charge is 2.34. The quantitative estimate of drug-likeness (QED) is 0.135. The first kappa shape index (κ1) is 35.7. The van der Waals surface area contributed by atoms with Crippen LogP contribution < -0.4 is 15.3 Å². The number of nitrogens with zero attached hydrogens (tertiary/aromatic N) is 1. The van der Waals surface area contributed by atoms with Crippen LogP contribution in [0.3, 0.4) is 0 Å². The van der Waals surface area contributed by atoms with Crippen molar-refractivity contribution >= 4 is 50.4 Å². The highest BCUT2D eigenvalue weighted by atomic mass is 32.2. The lowest BCUT2D eigenvalue weighted by atomic mass is 9.95. The van der Waals surface area contributed by atoms with Crippen LogP contribution in [0.15, 0.2) is 175 Å². The molecule has 1 heterocycles. The minimum atomic E-state index is -4.08. The van der Waals surface area contributed by atoms with E-state index in [4.69, 9.17) is 0 Å². The van der Waals surface area contributed by atoms with Crippen molar-refractivity contribution in [2.45, 2.75) is 42.6 Å². The van der Waals surface area contributed by atoms with Crippen LogP contribution in [0.25, 0.3) is 22.0 Å². The lowest BCUT2D eigenvalue weighted by molar-refractivity contribution is 0.587. The molecule has 0 saturated heterocycles. The lowest BCUT2D eigenvalue weighted by Crippen LogP contribution is -2.36. The van der Waals surface area contributed by atoms with Crippen molar-refractivity contribution in [3.63, 3.8) is 0 Å². The molecule has 0 fully saturated rings. The van der Waals surface area contributed by atoms with Gasteiger partial charge in [0.25, 0.3) is 10.0 Å². The molecule has 0 aliphatic carbocycles. The van der Waals surface area contributed by atoms with Gasteiger partial charge in [-0.25, -0.2) is 21.3 Å². The van der Waals surface area contributed by atoms with Crippen LogP contribution in [-0.4, -0.2) is 21.3 Å². The van der Waals surface area contributed by atoms with E-state index in [0.717, 1.165) is 38.2 Å². The van der Waals surface area contributed by atoms with Gasteiger partial charge in [0, 0.05) is 22.8 Å². The summed E-state index contributed by atoms with van der Waals surface area (Å²) in [5.41, 5.74) is 5.10. The van der Waals surface area contributed by atoms with E-state index in [1.807, 2.05) is 106 Å². The van der Waals surface area contributed by atoms with Gasteiger partial charge in [-0.1, -0.05) is 152 Å². The van der Waals surface area contributed by atoms with Crippen molar-refractivity contribution in [3.05, 3.63) is 187 Å². The van der Waals surface area contributed by atoms with Crippen LogP contribution in [0.4, 0.5) is 0 Å². The Bertz CT molecular complexity index is 2370. The summed E-state index contributed by atoms with van der Waals surface area (Å²) in [5, 5.41) is 3.07. The predicted octanol–water partition coefficient (Wildman–Crippen LogP) is 9.32. The highest BCUT2D eigenvalue weighted by Crippen LogP contribution is 2.45. The van der Waals surface area contributed by atoms with Gasteiger partial charge in [-0.05, 0) is 74.2 Å². The molecule has 7 aromatic rings. The minimum Gasteiger partial charge on any atom is -0.242 e. The second kappa shape index (κ2) is 15.1. The van der Waals surface area contributed by atoms with Crippen LogP contribution >= 0.6 is 7.92 Å². The van der Waals surface area contributed by atoms with Gasteiger partial charge in [0.15, 0.2) is 0 Å². The van der Waals surface area contributed by atoms with Gasteiger partial charge in [0.05, 0.1) is 32.2 Å². The third-order valence-corrected chi connectivity index (χ3v) is 14.9. The van der Waals surface area contributed by atoms with Gasteiger partial charge in [-0.15, -0.1) is 0 Å². The predicted molar refractivity (Wildman–Crippen MR) is 218 cm³/mol. The maximum atomic E-state index is 15.0. The average Bonchev–Trinajstić information content (AvgIpc) is 3.51. The van der Waals surface area contributed by atoms with Crippen LogP contribution in [0.1, 0.15) is 43.6 Å². The van der Waals surface area contributed by atoms with Crippen molar-refractivity contribution in [2.24, 2.45) is 0 Å². The van der Waals surface area contributed by atoms with E-state index in [-0.39, 0.29) is 4.90 Å². The molecule has 0 spiro atoms. The molecule has 52 heavy (non-hydrogen) atoms. The fourth-order valence-corrected chi connectivity index (χ4v) is 11.3. The normalized spacial score (nSPS) is 13.3.